The SMILES string of the molecule is NCC(C(=O)N1CCC2(CCCCC2)CC1)c1ccccc1. The van der Waals surface area contributed by atoms with Gasteiger partial charge in [0.15, 0.2) is 0 Å². The monoisotopic (exact) mass is 300 g/mol. The average Bonchev–Trinajstić information content (AvgIpc) is 2.58. The molecule has 1 saturated heterocycles. The standard InChI is InChI=1S/C19H28N2O/c20-15-17(16-7-3-1-4-8-16)18(22)21-13-11-19(12-14-21)9-5-2-6-10-19/h1,3-4,7-8,17H,2,5-6,9-15,20H2. The van der Waals surface area contributed by atoms with E-state index in [9.17, 15) is 4.79 Å². The Morgan fingerprint density at radius 3 is 2.27 bits per heavy atom. The van der Waals surface area contributed by atoms with E-state index in [0.29, 0.717) is 12.0 Å². The number of hydrogen-bond donors (Lipinski definition) is 1. The fraction of sp³-hybridized carbons (Fsp3) is 0.632. The van der Waals surface area contributed by atoms with Crippen molar-refractivity contribution in [2.75, 3.05) is 19.6 Å². The molecule has 1 unspecified atom stereocenters. The maximum Gasteiger partial charge on any atom is 0.231 e. The summed E-state index contributed by atoms with van der Waals surface area (Å²) >= 11 is 0. The number of likely N-dealkylation sites (tertiary alicyclic amines) is 1. The average molecular weight is 300 g/mol. The van der Waals surface area contributed by atoms with Gasteiger partial charge >= 0.3 is 0 Å². The first-order chi connectivity index (χ1) is 10.7. The summed E-state index contributed by atoms with van der Waals surface area (Å²) in [5.74, 6) is 0.0426. The molecular formula is C19H28N2O. The van der Waals surface area contributed by atoms with Gasteiger partial charge in [0.2, 0.25) is 5.91 Å². The lowest BCUT2D eigenvalue weighted by Crippen LogP contribution is -2.46. The van der Waals surface area contributed by atoms with Crippen LogP contribution in [0.2, 0.25) is 0 Å². The molecule has 0 radical (unpaired) electrons. The molecule has 22 heavy (non-hydrogen) atoms. The second-order valence-corrected chi connectivity index (χ2v) is 7.08. The number of carbonyl (C=O) groups excluding carboxylic acids is 1. The number of piperidine rings is 1. The van der Waals surface area contributed by atoms with Gasteiger partial charge in [0.1, 0.15) is 0 Å². The molecule has 1 atom stereocenters. The van der Waals surface area contributed by atoms with Crippen molar-refractivity contribution in [1.29, 1.82) is 0 Å². The van der Waals surface area contributed by atoms with Gasteiger partial charge in [-0.25, -0.2) is 0 Å². The second kappa shape index (κ2) is 6.82. The van der Waals surface area contributed by atoms with Gasteiger partial charge in [0.25, 0.3) is 0 Å². The van der Waals surface area contributed by atoms with Crippen LogP contribution in [-0.4, -0.2) is 30.4 Å². The Morgan fingerprint density at radius 2 is 1.68 bits per heavy atom. The summed E-state index contributed by atoms with van der Waals surface area (Å²) in [5, 5.41) is 0. The molecule has 1 saturated carbocycles. The summed E-state index contributed by atoms with van der Waals surface area (Å²) in [4.78, 5) is 14.9. The van der Waals surface area contributed by atoms with E-state index in [4.69, 9.17) is 5.73 Å². The molecule has 1 spiro atoms. The normalized spacial score (nSPS) is 22.5. The van der Waals surface area contributed by atoms with Crippen molar-refractivity contribution in [3.05, 3.63) is 35.9 Å². The van der Waals surface area contributed by atoms with E-state index in [-0.39, 0.29) is 11.8 Å². The number of nitrogens with zero attached hydrogens (tertiary/aromatic N) is 1. The maximum absolute atomic E-state index is 12.8. The van der Waals surface area contributed by atoms with E-state index in [0.717, 1.165) is 18.7 Å². The summed E-state index contributed by atoms with van der Waals surface area (Å²) in [7, 11) is 0. The lowest BCUT2D eigenvalue weighted by atomic mass is 9.68. The molecule has 2 N–H and O–H groups in total. The van der Waals surface area contributed by atoms with Crippen LogP contribution in [0.4, 0.5) is 0 Å². The highest BCUT2D eigenvalue weighted by atomic mass is 16.2. The van der Waals surface area contributed by atoms with E-state index >= 15 is 0 Å². The van der Waals surface area contributed by atoms with Crippen LogP contribution in [0.15, 0.2) is 30.3 Å². The minimum atomic E-state index is -0.179. The molecule has 0 aromatic heterocycles. The van der Waals surface area contributed by atoms with Gasteiger partial charge < -0.3 is 10.6 Å². The smallest absolute Gasteiger partial charge is 0.231 e. The van der Waals surface area contributed by atoms with Crippen molar-refractivity contribution in [2.24, 2.45) is 11.1 Å². The van der Waals surface area contributed by atoms with E-state index in [1.165, 1.54) is 44.9 Å². The highest BCUT2D eigenvalue weighted by Crippen LogP contribution is 2.44. The third-order valence-electron chi connectivity index (χ3n) is 5.79. The molecule has 1 aromatic carbocycles. The molecule has 3 rings (SSSR count). The van der Waals surface area contributed by atoms with Crippen LogP contribution in [0.5, 0.6) is 0 Å². The summed E-state index contributed by atoms with van der Waals surface area (Å²) in [5.41, 5.74) is 7.49. The first-order valence-corrected chi connectivity index (χ1v) is 8.78. The van der Waals surface area contributed by atoms with Crippen molar-refractivity contribution in [1.82, 2.24) is 4.90 Å². The Bertz CT molecular complexity index is 483. The number of benzene rings is 1. The first kappa shape index (κ1) is 15.5. The van der Waals surface area contributed by atoms with Crippen molar-refractivity contribution < 1.29 is 4.79 Å². The summed E-state index contributed by atoms with van der Waals surface area (Å²) in [6.07, 6.45) is 9.26. The third kappa shape index (κ3) is 3.19. The van der Waals surface area contributed by atoms with Crippen LogP contribution >= 0.6 is 0 Å². The molecular weight excluding hydrogens is 272 g/mol. The van der Waals surface area contributed by atoms with Gasteiger partial charge in [-0.05, 0) is 36.7 Å². The summed E-state index contributed by atoms with van der Waals surface area (Å²) < 4.78 is 0. The molecule has 2 fully saturated rings. The Kier molecular flexibility index (Phi) is 4.82. The topological polar surface area (TPSA) is 46.3 Å². The molecule has 2 aliphatic rings. The molecule has 0 bridgehead atoms. The lowest BCUT2D eigenvalue weighted by molar-refractivity contribution is -0.135. The molecule has 120 valence electrons. The van der Waals surface area contributed by atoms with Gasteiger partial charge in [0, 0.05) is 19.6 Å². The second-order valence-electron chi connectivity index (χ2n) is 7.08. The van der Waals surface area contributed by atoms with E-state index < -0.39 is 0 Å². The quantitative estimate of drug-likeness (QED) is 0.931. The highest BCUT2D eigenvalue weighted by Gasteiger charge is 2.37. The molecule has 1 aromatic rings. The van der Waals surface area contributed by atoms with Crippen molar-refractivity contribution in [3.8, 4) is 0 Å². The van der Waals surface area contributed by atoms with E-state index in [1.807, 2.05) is 30.3 Å². The van der Waals surface area contributed by atoms with Crippen molar-refractivity contribution in [3.63, 3.8) is 0 Å². The Hall–Kier alpha value is -1.35. The van der Waals surface area contributed by atoms with Gasteiger partial charge in [-0.3, -0.25) is 4.79 Å². The molecule has 3 nitrogen and oxygen atoms in total. The van der Waals surface area contributed by atoms with Gasteiger partial charge in [-0.1, -0.05) is 49.6 Å². The van der Waals surface area contributed by atoms with Gasteiger partial charge in [-0.2, -0.15) is 0 Å². The number of amides is 1. The Morgan fingerprint density at radius 1 is 1.05 bits per heavy atom. The number of carbonyl (C=O) groups is 1. The third-order valence-corrected chi connectivity index (χ3v) is 5.79. The minimum absolute atomic E-state index is 0.179. The number of nitrogens with two attached hydrogens (primary N) is 1. The van der Waals surface area contributed by atoms with Crippen LogP contribution < -0.4 is 5.73 Å². The Balaban J connectivity index is 1.63. The highest BCUT2D eigenvalue weighted by molar-refractivity contribution is 5.84. The summed E-state index contributed by atoms with van der Waals surface area (Å²) in [6, 6.07) is 9.98. The van der Waals surface area contributed by atoms with Crippen LogP contribution in [-0.2, 0) is 4.79 Å². The fourth-order valence-electron chi connectivity index (χ4n) is 4.29. The summed E-state index contributed by atoms with van der Waals surface area (Å²) in [6.45, 7) is 2.23. The molecule has 1 amide bonds. The number of rotatable bonds is 3. The van der Waals surface area contributed by atoms with Crippen molar-refractivity contribution >= 4 is 5.91 Å². The van der Waals surface area contributed by atoms with Gasteiger partial charge in [0.05, 0.1) is 5.92 Å². The van der Waals surface area contributed by atoms with E-state index in [2.05, 4.69) is 4.90 Å². The predicted octanol–water partition coefficient (Wildman–Crippen LogP) is 3.30. The number of hydrogen-bond acceptors (Lipinski definition) is 2. The Labute approximate surface area is 133 Å². The zero-order valence-electron chi connectivity index (χ0n) is 13.5. The maximum atomic E-state index is 12.8. The molecule has 1 heterocycles. The first-order valence-electron chi connectivity index (χ1n) is 8.78. The van der Waals surface area contributed by atoms with Crippen LogP contribution in [0, 0.1) is 5.41 Å². The largest absolute Gasteiger partial charge is 0.342 e. The minimum Gasteiger partial charge on any atom is -0.342 e. The van der Waals surface area contributed by atoms with Crippen LogP contribution in [0.1, 0.15) is 56.4 Å². The van der Waals surface area contributed by atoms with Crippen LogP contribution in [0.25, 0.3) is 0 Å². The van der Waals surface area contributed by atoms with Gasteiger partial charge in [-0.15, -0.1) is 0 Å². The van der Waals surface area contributed by atoms with Crippen LogP contribution in [0.3, 0.4) is 0 Å². The fourth-order valence-corrected chi connectivity index (χ4v) is 4.29. The molecule has 1 aliphatic carbocycles. The zero-order chi connectivity index (χ0) is 15.4. The van der Waals surface area contributed by atoms with E-state index in [1.54, 1.807) is 0 Å². The van der Waals surface area contributed by atoms with Crippen molar-refractivity contribution in [2.45, 2.75) is 50.9 Å². The predicted molar refractivity (Wildman–Crippen MR) is 89.6 cm³/mol. The molecule has 1 aliphatic heterocycles. The zero-order valence-corrected chi connectivity index (χ0v) is 13.5. The lowest BCUT2D eigenvalue weighted by Gasteiger charge is -2.45. The molecule has 3 heteroatoms.